The predicted octanol–water partition coefficient (Wildman–Crippen LogP) is 2.53. The molecule has 1 saturated carbocycles. The number of allylic oxidation sites excluding steroid dienone is 3. The molecule has 1 amide bonds. The van der Waals surface area contributed by atoms with E-state index < -0.39 is 5.82 Å². The quantitative estimate of drug-likeness (QED) is 0.674. The van der Waals surface area contributed by atoms with Crippen LogP contribution in [0.1, 0.15) is 44.9 Å². The molecule has 2 atom stereocenters. The van der Waals surface area contributed by atoms with Crippen LogP contribution in [0.25, 0.3) is 17.5 Å². The van der Waals surface area contributed by atoms with Gasteiger partial charge in [0.05, 0.1) is 6.20 Å². The first-order valence-electron chi connectivity index (χ1n) is 11.4. The first kappa shape index (κ1) is 20.6. The van der Waals surface area contributed by atoms with Crippen molar-refractivity contribution in [2.24, 2.45) is 4.99 Å². The standard InChI is InChI=1S/C24H27FN6O/c25-18-14-28-22(17-13-27-21-16(17)9-6-12-26-21)31-23(18)29-19-10-4-5-11-20(19)30-24(32)15-7-2-1-3-8-15/h1-2,7,9,13-14,19-20H,3-6,8,10-12H2,(H,26,27)(H,30,32)(H,28,29,31)/t19-,20-/m1/s1. The Bertz CT molecular complexity index is 1200. The van der Waals surface area contributed by atoms with Gasteiger partial charge in [-0.05, 0) is 32.1 Å². The van der Waals surface area contributed by atoms with Gasteiger partial charge in [0.15, 0.2) is 17.5 Å². The highest BCUT2D eigenvalue weighted by molar-refractivity contribution is 5.94. The summed E-state index contributed by atoms with van der Waals surface area (Å²) in [6.07, 6.45) is 17.3. The molecule has 2 aromatic rings. The van der Waals surface area contributed by atoms with Gasteiger partial charge in [-0.15, -0.1) is 0 Å². The van der Waals surface area contributed by atoms with E-state index in [0.717, 1.165) is 73.3 Å². The molecule has 5 rings (SSSR count). The Labute approximate surface area is 185 Å². The number of amides is 1. The van der Waals surface area contributed by atoms with Gasteiger partial charge in [-0.2, -0.15) is 0 Å². The number of aromatic amines is 1. The van der Waals surface area contributed by atoms with Gasteiger partial charge in [0.1, 0.15) is 5.49 Å². The fourth-order valence-corrected chi connectivity index (χ4v) is 4.63. The molecule has 166 valence electrons. The zero-order valence-electron chi connectivity index (χ0n) is 17.9. The van der Waals surface area contributed by atoms with Crippen LogP contribution in [0, 0.1) is 5.82 Å². The van der Waals surface area contributed by atoms with Crippen LogP contribution in [0.5, 0.6) is 0 Å². The number of fused-ring (bicyclic) bond motifs is 1. The Balaban J connectivity index is 1.37. The largest absolute Gasteiger partial charge is 0.363 e. The van der Waals surface area contributed by atoms with Gasteiger partial charge in [-0.1, -0.05) is 37.1 Å². The summed E-state index contributed by atoms with van der Waals surface area (Å²) in [5.74, 6) is 0.0942. The summed E-state index contributed by atoms with van der Waals surface area (Å²) in [4.78, 5) is 29.1. The predicted molar refractivity (Wildman–Crippen MR) is 121 cm³/mol. The Morgan fingerprint density at radius 2 is 2.06 bits per heavy atom. The van der Waals surface area contributed by atoms with Crippen LogP contribution < -0.4 is 21.3 Å². The fraction of sp³-hybridized carbons (Fsp3) is 0.417. The minimum Gasteiger partial charge on any atom is -0.363 e. The number of hydrogen-bond donors (Lipinski definition) is 3. The molecule has 32 heavy (non-hydrogen) atoms. The number of halogens is 1. The molecule has 1 aliphatic heterocycles. The zero-order valence-corrected chi connectivity index (χ0v) is 17.9. The van der Waals surface area contributed by atoms with Gasteiger partial charge in [0.25, 0.3) is 0 Å². The number of rotatable bonds is 5. The maximum absolute atomic E-state index is 14.7. The van der Waals surface area contributed by atoms with Crippen molar-refractivity contribution < 1.29 is 9.18 Å². The van der Waals surface area contributed by atoms with E-state index in [2.05, 4.69) is 42.7 Å². The van der Waals surface area contributed by atoms with Crippen LogP contribution in [0.2, 0.25) is 0 Å². The molecule has 0 unspecified atom stereocenters. The molecule has 3 aliphatic rings. The zero-order chi connectivity index (χ0) is 21.9. The summed E-state index contributed by atoms with van der Waals surface area (Å²) in [5.41, 5.74) is 2.43. The van der Waals surface area contributed by atoms with Crippen molar-refractivity contribution >= 4 is 17.8 Å². The third-order valence-corrected chi connectivity index (χ3v) is 6.34. The van der Waals surface area contributed by atoms with Crippen LogP contribution in [0.3, 0.4) is 0 Å². The number of H-pyrrole nitrogens is 1. The van der Waals surface area contributed by atoms with Crippen molar-refractivity contribution in [2.45, 2.75) is 57.0 Å². The molecular formula is C24H27FN6O. The van der Waals surface area contributed by atoms with Crippen LogP contribution in [-0.2, 0) is 4.79 Å². The molecule has 1 fully saturated rings. The van der Waals surface area contributed by atoms with Gasteiger partial charge < -0.3 is 15.6 Å². The van der Waals surface area contributed by atoms with Crippen LogP contribution >= 0.6 is 0 Å². The van der Waals surface area contributed by atoms with Crippen molar-refractivity contribution in [3.8, 4) is 11.4 Å². The van der Waals surface area contributed by atoms with Crippen molar-refractivity contribution in [1.82, 2.24) is 20.3 Å². The number of nitrogens with zero attached hydrogens (tertiary/aromatic N) is 3. The highest BCUT2D eigenvalue weighted by Crippen LogP contribution is 2.25. The summed E-state index contributed by atoms with van der Waals surface area (Å²) < 4.78 is 14.7. The van der Waals surface area contributed by atoms with Gasteiger partial charge in [-0.25, -0.2) is 14.4 Å². The second-order valence-electron chi connectivity index (χ2n) is 8.50. The maximum atomic E-state index is 14.7. The van der Waals surface area contributed by atoms with E-state index in [4.69, 9.17) is 0 Å². The van der Waals surface area contributed by atoms with Gasteiger partial charge >= 0.3 is 0 Å². The minimum atomic E-state index is -0.498. The number of carbonyl (C=O) groups is 1. The van der Waals surface area contributed by atoms with E-state index >= 15 is 0 Å². The summed E-state index contributed by atoms with van der Waals surface area (Å²) >= 11 is 0. The number of hydrogen-bond acceptors (Lipinski definition) is 5. The molecule has 7 nitrogen and oxygen atoms in total. The van der Waals surface area contributed by atoms with E-state index in [9.17, 15) is 9.18 Å². The molecular weight excluding hydrogens is 407 g/mol. The molecule has 2 aromatic heterocycles. The number of anilines is 1. The molecule has 3 N–H and O–H groups in total. The molecule has 8 heteroatoms. The topological polar surface area (TPSA) is 95.1 Å². The van der Waals surface area contributed by atoms with E-state index in [0.29, 0.717) is 5.82 Å². The van der Waals surface area contributed by atoms with Crippen LogP contribution in [0.15, 0.2) is 41.2 Å². The monoisotopic (exact) mass is 434 g/mol. The van der Waals surface area contributed by atoms with E-state index in [-0.39, 0.29) is 23.8 Å². The Morgan fingerprint density at radius 3 is 2.91 bits per heavy atom. The SMILES string of the molecule is O=C(N[C@@H]1CCCC[C@H]1Nc1nc(-c2c[nH]c3c2=CCCN=3)ncc1F)C1=CC=CCC1. The van der Waals surface area contributed by atoms with Gasteiger partial charge in [0.2, 0.25) is 5.91 Å². The highest BCUT2D eigenvalue weighted by Gasteiger charge is 2.28. The van der Waals surface area contributed by atoms with Crippen molar-refractivity contribution in [2.75, 3.05) is 11.9 Å². The molecule has 2 aliphatic carbocycles. The number of nitrogens with one attached hydrogen (secondary N) is 3. The normalized spacial score (nSPS) is 22.2. The Morgan fingerprint density at radius 1 is 1.19 bits per heavy atom. The molecule has 0 radical (unpaired) electrons. The summed E-state index contributed by atoms with van der Waals surface area (Å²) in [6, 6.07) is -0.167. The van der Waals surface area contributed by atoms with Crippen LogP contribution in [0.4, 0.5) is 10.2 Å². The minimum absolute atomic E-state index is 0.0323. The number of carbonyl (C=O) groups excluding carboxylic acids is 1. The lowest BCUT2D eigenvalue weighted by Crippen LogP contribution is -2.49. The maximum Gasteiger partial charge on any atom is 0.247 e. The first-order chi connectivity index (χ1) is 15.7. The smallest absolute Gasteiger partial charge is 0.247 e. The molecule has 3 heterocycles. The average Bonchev–Trinajstić information content (AvgIpc) is 3.26. The second kappa shape index (κ2) is 9.06. The van der Waals surface area contributed by atoms with Gasteiger partial charge in [-0.3, -0.25) is 9.79 Å². The van der Waals surface area contributed by atoms with E-state index in [1.165, 1.54) is 6.20 Å². The summed E-state index contributed by atoms with van der Waals surface area (Å²) in [7, 11) is 0. The molecule has 0 aromatic carbocycles. The second-order valence-corrected chi connectivity index (χ2v) is 8.50. The van der Waals surface area contributed by atoms with Crippen molar-refractivity contribution in [3.05, 3.63) is 52.7 Å². The first-order valence-corrected chi connectivity index (χ1v) is 11.4. The lowest BCUT2D eigenvalue weighted by atomic mass is 9.89. The molecule has 0 spiro atoms. The number of aromatic nitrogens is 3. The van der Waals surface area contributed by atoms with Gasteiger partial charge in [0, 0.05) is 41.2 Å². The summed E-state index contributed by atoms with van der Waals surface area (Å²) in [5, 5.41) is 7.41. The highest BCUT2D eigenvalue weighted by atomic mass is 19.1. The lowest BCUT2D eigenvalue weighted by Gasteiger charge is -2.33. The Hall–Kier alpha value is -3.29. The van der Waals surface area contributed by atoms with Crippen molar-refractivity contribution in [1.29, 1.82) is 0 Å². The van der Waals surface area contributed by atoms with E-state index in [1.807, 2.05) is 18.3 Å². The summed E-state index contributed by atoms with van der Waals surface area (Å²) in [6.45, 7) is 0.756. The third-order valence-electron chi connectivity index (χ3n) is 6.34. The average molecular weight is 435 g/mol. The Kier molecular flexibility index (Phi) is 5.83. The third kappa shape index (κ3) is 4.22. The molecule has 0 saturated heterocycles. The lowest BCUT2D eigenvalue weighted by molar-refractivity contribution is -0.118. The fourth-order valence-electron chi connectivity index (χ4n) is 4.63. The molecule has 0 bridgehead atoms. The van der Waals surface area contributed by atoms with Crippen LogP contribution in [-0.4, -0.2) is 39.5 Å². The van der Waals surface area contributed by atoms with Crippen molar-refractivity contribution in [3.63, 3.8) is 0 Å². The van der Waals surface area contributed by atoms with E-state index in [1.54, 1.807) is 0 Å².